The molecule has 2 heterocycles. The number of sulfonamides is 1. The van der Waals surface area contributed by atoms with E-state index in [1.807, 2.05) is 30.3 Å². The lowest BCUT2D eigenvalue weighted by atomic mass is 9.81. The van der Waals surface area contributed by atoms with E-state index >= 15 is 0 Å². The Morgan fingerprint density at radius 1 is 1.04 bits per heavy atom. The molecule has 2 aromatic rings. The summed E-state index contributed by atoms with van der Waals surface area (Å²) in [5.74, 6) is 0.0759. The van der Waals surface area contributed by atoms with Crippen molar-refractivity contribution >= 4 is 27.3 Å². The van der Waals surface area contributed by atoms with E-state index in [0.717, 1.165) is 5.56 Å². The van der Waals surface area contributed by atoms with Crippen molar-refractivity contribution in [3.05, 3.63) is 53.4 Å². The second-order valence-electron chi connectivity index (χ2n) is 7.14. The molecule has 140 valence electrons. The van der Waals surface area contributed by atoms with Crippen molar-refractivity contribution in [1.29, 1.82) is 0 Å². The van der Waals surface area contributed by atoms with Crippen molar-refractivity contribution in [2.24, 2.45) is 0 Å². The first-order valence-electron chi connectivity index (χ1n) is 8.68. The van der Waals surface area contributed by atoms with Crippen LogP contribution >= 0.6 is 11.3 Å². The summed E-state index contributed by atoms with van der Waals surface area (Å²) in [6, 6.07) is 13.4. The van der Waals surface area contributed by atoms with Gasteiger partial charge in [0, 0.05) is 32.6 Å². The molecule has 0 spiro atoms. The minimum Gasteiger partial charge on any atom is -0.340 e. The molecule has 5 nitrogen and oxygen atoms in total. The molecule has 0 radical (unpaired) electrons. The molecule has 1 aliphatic rings. The van der Waals surface area contributed by atoms with Gasteiger partial charge in [-0.05, 0) is 22.4 Å². The summed E-state index contributed by atoms with van der Waals surface area (Å²) in [7, 11) is -3.43. The van der Waals surface area contributed by atoms with Gasteiger partial charge in [-0.3, -0.25) is 4.79 Å². The molecule has 1 aromatic heterocycles. The lowest BCUT2D eigenvalue weighted by molar-refractivity contribution is -0.133. The van der Waals surface area contributed by atoms with Crippen molar-refractivity contribution in [3.63, 3.8) is 0 Å². The Morgan fingerprint density at radius 2 is 1.69 bits per heavy atom. The topological polar surface area (TPSA) is 57.7 Å². The lowest BCUT2D eigenvalue weighted by Crippen LogP contribution is -2.51. The molecule has 0 atom stereocenters. The van der Waals surface area contributed by atoms with E-state index in [1.54, 1.807) is 22.4 Å². The maximum atomic E-state index is 12.7. The highest BCUT2D eigenvalue weighted by atomic mass is 32.2. The molecule has 1 amide bonds. The number of hydrogen-bond donors (Lipinski definition) is 0. The van der Waals surface area contributed by atoms with Crippen LogP contribution in [0.1, 0.15) is 25.8 Å². The van der Waals surface area contributed by atoms with Crippen molar-refractivity contribution in [2.75, 3.05) is 26.2 Å². The van der Waals surface area contributed by atoms with Gasteiger partial charge in [-0.2, -0.15) is 4.31 Å². The Morgan fingerprint density at radius 3 is 2.27 bits per heavy atom. The minimum atomic E-state index is -3.43. The molecule has 0 bridgehead atoms. The van der Waals surface area contributed by atoms with Gasteiger partial charge in [0.05, 0.1) is 0 Å². The second-order valence-corrected chi connectivity index (χ2v) is 10.3. The Bertz CT molecular complexity index is 838. The average molecular weight is 393 g/mol. The quantitative estimate of drug-likeness (QED) is 0.786. The van der Waals surface area contributed by atoms with Crippen molar-refractivity contribution < 1.29 is 13.2 Å². The molecule has 1 fully saturated rings. The number of amides is 1. The van der Waals surface area contributed by atoms with Gasteiger partial charge in [-0.25, -0.2) is 8.42 Å². The standard InChI is InChI=1S/C19H24N2O3S2/c1-19(2,16-7-4-3-5-8-16)15-17(22)20-10-12-21(13-11-20)26(23,24)18-9-6-14-25-18/h3-9,14H,10-13,15H2,1-2H3. The van der Waals surface area contributed by atoms with E-state index in [0.29, 0.717) is 36.8 Å². The van der Waals surface area contributed by atoms with E-state index in [-0.39, 0.29) is 11.3 Å². The molecule has 1 saturated heterocycles. The summed E-state index contributed by atoms with van der Waals surface area (Å²) < 4.78 is 27.0. The summed E-state index contributed by atoms with van der Waals surface area (Å²) in [5.41, 5.74) is 0.880. The fourth-order valence-electron chi connectivity index (χ4n) is 3.20. The fraction of sp³-hybridized carbons (Fsp3) is 0.421. The van der Waals surface area contributed by atoms with Gasteiger partial charge < -0.3 is 4.90 Å². The summed E-state index contributed by atoms with van der Waals surface area (Å²) >= 11 is 1.23. The maximum Gasteiger partial charge on any atom is 0.252 e. The average Bonchev–Trinajstić information content (AvgIpc) is 3.18. The van der Waals surface area contributed by atoms with Gasteiger partial charge in [0.1, 0.15) is 4.21 Å². The number of benzene rings is 1. The van der Waals surface area contributed by atoms with E-state index < -0.39 is 10.0 Å². The summed E-state index contributed by atoms with van der Waals surface area (Å²) in [6.07, 6.45) is 0.411. The van der Waals surface area contributed by atoms with E-state index in [2.05, 4.69) is 13.8 Å². The summed E-state index contributed by atoms with van der Waals surface area (Å²) in [4.78, 5) is 14.5. The van der Waals surface area contributed by atoms with Gasteiger partial charge in [0.2, 0.25) is 5.91 Å². The number of carbonyl (C=O) groups excluding carboxylic acids is 1. The number of thiophene rings is 1. The smallest absolute Gasteiger partial charge is 0.252 e. The molecular formula is C19H24N2O3S2. The number of hydrogen-bond acceptors (Lipinski definition) is 4. The van der Waals surface area contributed by atoms with E-state index in [1.165, 1.54) is 15.6 Å². The SMILES string of the molecule is CC(C)(CC(=O)N1CCN(S(=O)(=O)c2cccs2)CC1)c1ccccc1. The van der Waals surface area contributed by atoms with Gasteiger partial charge in [0.15, 0.2) is 0 Å². The van der Waals surface area contributed by atoms with Crippen LogP contribution in [0.5, 0.6) is 0 Å². The molecule has 0 saturated carbocycles. The van der Waals surface area contributed by atoms with Crippen LogP contribution in [0.4, 0.5) is 0 Å². The number of nitrogens with zero attached hydrogens (tertiary/aromatic N) is 2. The van der Waals surface area contributed by atoms with Gasteiger partial charge in [0.25, 0.3) is 10.0 Å². The Labute approximate surface area is 159 Å². The molecule has 3 rings (SSSR count). The van der Waals surface area contributed by atoms with Crippen LogP contribution in [-0.4, -0.2) is 49.7 Å². The fourth-order valence-corrected chi connectivity index (χ4v) is 5.76. The minimum absolute atomic E-state index is 0.0759. The Kier molecular flexibility index (Phi) is 5.50. The third-order valence-electron chi connectivity index (χ3n) is 4.83. The number of rotatable bonds is 5. The van der Waals surface area contributed by atoms with E-state index in [4.69, 9.17) is 0 Å². The van der Waals surface area contributed by atoms with Crippen molar-refractivity contribution in [3.8, 4) is 0 Å². The van der Waals surface area contributed by atoms with Crippen molar-refractivity contribution in [2.45, 2.75) is 29.9 Å². The molecular weight excluding hydrogens is 368 g/mol. The molecule has 0 N–H and O–H groups in total. The predicted molar refractivity (Wildman–Crippen MR) is 104 cm³/mol. The first-order valence-corrected chi connectivity index (χ1v) is 11.0. The second kappa shape index (κ2) is 7.50. The number of piperazine rings is 1. The highest BCUT2D eigenvalue weighted by Gasteiger charge is 2.32. The zero-order valence-corrected chi connectivity index (χ0v) is 16.7. The summed E-state index contributed by atoms with van der Waals surface area (Å²) in [6.45, 7) is 5.70. The highest BCUT2D eigenvalue weighted by Crippen LogP contribution is 2.28. The monoisotopic (exact) mass is 392 g/mol. The van der Waals surface area contributed by atoms with Gasteiger partial charge >= 0.3 is 0 Å². The Hall–Kier alpha value is -1.70. The first kappa shape index (κ1) is 19.1. The third kappa shape index (κ3) is 4.00. The summed E-state index contributed by atoms with van der Waals surface area (Å²) in [5, 5.41) is 1.76. The number of carbonyl (C=O) groups is 1. The van der Waals surface area contributed by atoms with Crippen molar-refractivity contribution in [1.82, 2.24) is 9.21 Å². The molecule has 1 aliphatic heterocycles. The zero-order valence-electron chi connectivity index (χ0n) is 15.1. The molecule has 7 heteroatoms. The van der Waals surface area contributed by atoms with Crippen LogP contribution in [0, 0.1) is 0 Å². The normalized spacial score (nSPS) is 16.6. The molecule has 26 heavy (non-hydrogen) atoms. The van der Waals surface area contributed by atoms with Crippen LogP contribution < -0.4 is 0 Å². The van der Waals surface area contributed by atoms with Crippen LogP contribution in [0.3, 0.4) is 0 Å². The molecule has 1 aromatic carbocycles. The Balaban J connectivity index is 1.60. The first-order chi connectivity index (χ1) is 12.3. The van der Waals surface area contributed by atoms with Crippen LogP contribution in [0.2, 0.25) is 0 Å². The largest absolute Gasteiger partial charge is 0.340 e. The maximum absolute atomic E-state index is 12.7. The van der Waals surface area contributed by atoms with Gasteiger partial charge in [-0.15, -0.1) is 11.3 Å². The highest BCUT2D eigenvalue weighted by molar-refractivity contribution is 7.91. The lowest BCUT2D eigenvalue weighted by Gasteiger charge is -2.35. The molecule has 0 unspecified atom stereocenters. The zero-order chi connectivity index (χ0) is 18.8. The van der Waals surface area contributed by atoms with Crippen LogP contribution in [-0.2, 0) is 20.2 Å². The predicted octanol–water partition coefficient (Wildman–Crippen LogP) is 2.95. The van der Waals surface area contributed by atoms with E-state index in [9.17, 15) is 13.2 Å². The third-order valence-corrected chi connectivity index (χ3v) is 8.10. The van der Waals surface area contributed by atoms with Gasteiger partial charge in [-0.1, -0.05) is 50.2 Å². The van der Waals surface area contributed by atoms with Crippen LogP contribution in [0.15, 0.2) is 52.1 Å². The molecule has 0 aliphatic carbocycles. The van der Waals surface area contributed by atoms with Crippen LogP contribution in [0.25, 0.3) is 0 Å².